The summed E-state index contributed by atoms with van der Waals surface area (Å²) in [6.45, 7) is 4.10. The number of hydrogen-bond acceptors (Lipinski definition) is 1. The van der Waals surface area contributed by atoms with E-state index in [2.05, 4.69) is 5.32 Å². The molecule has 1 aromatic rings. The number of halogens is 1. The third kappa shape index (κ3) is 3.69. The summed E-state index contributed by atoms with van der Waals surface area (Å²) in [5, 5.41) is 2.85. The second-order valence-corrected chi connectivity index (χ2v) is 5.03. The molecule has 2 rings (SSSR count). The molecule has 1 heterocycles. The van der Waals surface area contributed by atoms with E-state index in [9.17, 15) is 9.18 Å². The van der Waals surface area contributed by atoms with Gasteiger partial charge in [0.15, 0.2) is 0 Å². The summed E-state index contributed by atoms with van der Waals surface area (Å²) in [5.74, 6) is 0.101. The molecule has 1 unspecified atom stereocenters. The standard InChI is InChI=1S/C15H21FN2O/c1-2-17-15(19)18-10-4-3-5-13(11-18)12-6-8-14(16)9-7-12/h6-9,13H,2-5,10-11H2,1H3,(H,17,19). The first-order chi connectivity index (χ1) is 9.20. The summed E-state index contributed by atoms with van der Waals surface area (Å²) in [4.78, 5) is 13.8. The van der Waals surface area contributed by atoms with Crippen LogP contribution in [0.15, 0.2) is 24.3 Å². The average molecular weight is 264 g/mol. The van der Waals surface area contributed by atoms with Crippen LogP contribution in [0.2, 0.25) is 0 Å². The number of nitrogens with zero attached hydrogens (tertiary/aromatic N) is 1. The smallest absolute Gasteiger partial charge is 0.317 e. The summed E-state index contributed by atoms with van der Waals surface area (Å²) < 4.78 is 13.0. The highest BCUT2D eigenvalue weighted by molar-refractivity contribution is 5.74. The molecule has 104 valence electrons. The lowest BCUT2D eigenvalue weighted by molar-refractivity contribution is 0.198. The van der Waals surface area contributed by atoms with Crippen molar-refractivity contribution < 1.29 is 9.18 Å². The fourth-order valence-electron chi connectivity index (χ4n) is 2.60. The number of benzene rings is 1. The summed E-state index contributed by atoms with van der Waals surface area (Å²) in [6, 6.07) is 6.67. The molecule has 3 nitrogen and oxygen atoms in total. The first kappa shape index (κ1) is 13.8. The normalized spacial score (nSPS) is 19.9. The summed E-state index contributed by atoms with van der Waals surface area (Å²) in [5.41, 5.74) is 1.12. The van der Waals surface area contributed by atoms with Crippen LogP contribution < -0.4 is 5.32 Å². The molecule has 1 atom stereocenters. The van der Waals surface area contributed by atoms with Crippen LogP contribution in [0.5, 0.6) is 0 Å². The molecule has 1 N–H and O–H groups in total. The summed E-state index contributed by atoms with van der Waals surface area (Å²) in [7, 11) is 0. The lowest BCUT2D eigenvalue weighted by atomic mass is 9.94. The van der Waals surface area contributed by atoms with Crippen molar-refractivity contribution in [2.75, 3.05) is 19.6 Å². The Balaban J connectivity index is 2.07. The van der Waals surface area contributed by atoms with Crippen LogP contribution in [0.3, 0.4) is 0 Å². The van der Waals surface area contributed by atoms with Crippen molar-refractivity contribution in [3.63, 3.8) is 0 Å². The molecule has 1 aliphatic heterocycles. The summed E-state index contributed by atoms with van der Waals surface area (Å²) in [6.07, 6.45) is 3.20. The zero-order chi connectivity index (χ0) is 13.7. The van der Waals surface area contributed by atoms with E-state index < -0.39 is 0 Å². The zero-order valence-corrected chi connectivity index (χ0v) is 11.4. The molecular formula is C15H21FN2O. The van der Waals surface area contributed by atoms with Crippen molar-refractivity contribution in [2.45, 2.75) is 32.1 Å². The van der Waals surface area contributed by atoms with Gasteiger partial charge in [-0.05, 0) is 37.5 Å². The molecule has 0 spiro atoms. The molecule has 0 saturated carbocycles. The van der Waals surface area contributed by atoms with Gasteiger partial charge < -0.3 is 10.2 Å². The van der Waals surface area contributed by atoms with Crippen LogP contribution in [0.4, 0.5) is 9.18 Å². The highest BCUT2D eigenvalue weighted by Crippen LogP contribution is 2.26. The summed E-state index contributed by atoms with van der Waals surface area (Å²) >= 11 is 0. The van der Waals surface area contributed by atoms with Gasteiger partial charge in [0.2, 0.25) is 0 Å². The van der Waals surface area contributed by atoms with Gasteiger partial charge in [-0.1, -0.05) is 18.6 Å². The Morgan fingerprint density at radius 2 is 2.11 bits per heavy atom. The van der Waals surface area contributed by atoms with Gasteiger partial charge in [0.25, 0.3) is 0 Å². The molecule has 0 aliphatic carbocycles. The van der Waals surface area contributed by atoms with Crippen LogP contribution in [0.25, 0.3) is 0 Å². The number of hydrogen-bond donors (Lipinski definition) is 1. The monoisotopic (exact) mass is 264 g/mol. The second-order valence-electron chi connectivity index (χ2n) is 5.03. The van der Waals surface area contributed by atoms with E-state index >= 15 is 0 Å². The predicted molar refractivity (Wildman–Crippen MR) is 73.6 cm³/mol. The van der Waals surface area contributed by atoms with E-state index in [0.717, 1.165) is 37.9 Å². The van der Waals surface area contributed by atoms with Crippen molar-refractivity contribution in [1.29, 1.82) is 0 Å². The molecule has 1 fully saturated rings. The Morgan fingerprint density at radius 3 is 2.79 bits per heavy atom. The van der Waals surface area contributed by atoms with Gasteiger partial charge in [0.1, 0.15) is 5.82 Å². The van der Waals surface area contributed by atoms with Gasteiger partial charge in [0.05, 0.1) is 0 Å². The van der Waals surface area contributed by atoms with Crippen LogP contribution in [0, 0.1) is 5.82 Å². The van der Waals surface area contributed by atoms with Gasteiger partial charge >= 0.3 is 6.03 Å². The number of nitrogens with one attached hydrogen (secondary N) is 1. The van der Waals surface area contributed by atoms with Crippen molar-refractivity contribution in [3.05, 3.63) is 35.6 Å². The SMILES string of the molecule is CCNC(=O)N1CCCCC(c2ccc(F)cc2)C1. The molecule has 19 heavy (non-hydrogen) atoms. The Bertz CT molecular complexity index is 419. The maximum absolute atomic E-state index is 13.0. The predicted octanol–water partition coefficient (Wildman–Crippen LogP) is 3.12. The van der Waals surface area contributed by atoms with Gasteiger partial charge in [-0.25, -0.2) is 9.18 Å². The lowest BCUT2D eigenvalue weighted by Crippen LogP contribution is -2.41. The van der Waals surface area contributed by atoms with Crippen molar-refractivity contribution in [2.24, 2.45) is 0 Å². The fourth-order valence-corrected chi connectivity index (χ4v) is 2.60. The largest absolute Gasteiger partial charge is 0.338 e. The third-order valence-electron chi connectivity index (χ3n) is 3.63. The van der Waals surface area contributed by atoms with E-state index in [-0.39, 0.29) is 11.8 Å². The molecule has 1 aromatic carbocycles. The molecule has 0 bridgehead atoms. The zero-order valence-electron chi connectivity index (χ0n) is 11.4. The van der Waals surface area contributed by atoms with Gasteiger partial charge in [-0.2, -0.15) is 0 Å². The van der Waals surface area contributed by atoms with Crippen molar-refractivity contribution >= 4 is 6.03 Å². The third-order valence-corrected chi connectivity index (χ3v) is 3.63. The number of amides is 2. The van der Waals surface area contributed by atoms with Gasteiger partial charge in [-0.15, -0.1) is 0 Å². The quantitative estimate of drug-likeness (QED) is 0.874. The maximum Gasteiger partial charge on any atom is 0.317 e. The molecule has 1 aliphatic rings. The Kier molecular flexibility index (Phi) is 4.77. The number of urea groups is 1. The van der Waals surface area contributed by atoms with E-state index in [1.807, 2.05) is 24.0 Å². The van der Waals surface area contributed by atoms with Gasteiger partial charge in [0, 0.05) is 25.6 Å². The highest BCUT2D eigenvalue weighted by Gasteiger charge is 2.22. The Labute approximate surface area is 113 Å². The van der Waals surface area contributed by atoms with Crippen LogP contribution in [-0.2, 0) is 0 Å². The number of carbonyl (C=O) groups excluding carboxylic acids is 1. The van der Waals surface area contributed by atoms with Crippen LogP contribution in [0.1, 0.15) is 37.7 Å². The molecule has 1 saturated heterocycles. The Hall–Kier alpha value is -1.58. The average Bonchev–Trinajstić information content (AvgIpc) is 2.66. The number of likely N-dealkylation sites (tertiary alicyclic amines) is 1. The topological polar surface area (TPSA) is 32.3 Å². The minimum atomic E-state index is -0.210. The Morgan fingerprint density at radius 1 is 1.37 bits per heavy atom. The van der Waals surface area contributed by atoms with E-state index in [0.29, 0.717) is 12.5 Å². The van der Waals surface area contributed by atoms with E-state index in [4.69, 9.17) is 0 Å². The second kappa shape index (κ2) is 6.55. The number of rotatable bonds is 2. The van der Waals surface area contributed by atoms with Gasteiger partial charge in [-0.3, -0.25) is 0 Å². The van der Waals surface area contributed by atoms with Crippen LogP contribution >= 0.6 is 0 Å². The van der Waals surface area contributed by atoms with Crippen molar-refractivity contribution in [3.8, 4) is 0 Å². The molecular weight excluding hydrogens is 243 g/mol. The lowest BCUT2D eigenvalue weighted by Gasteiger charge is -2.24. The first-order valence-corrected chi connectivity index (χ1v) is 6.99. The number of carbonyl (C=O) groups is 1. The first-order valence-electron chi connectivity index (χ1n) is 6.99. The highest BCUT2D eigenvalue weighted by atomic mass is 19.1. The molecule has 4 heteroatoms. The fraction of sp³-hybridized carbons (Fsp3) is 0.533. The van der Waals surface area contributed by atoms with Crippen molar-refractivity contribution in [1.82, 2.24) is 10.2 Å². The van der Waals surface area contributed by atoms with Crippen LogP contribution in [-0.4, -0.2) is 30.6 Å². The minimum absolute atomic E-state index is 0.0107. The molecule has 0 radical (unpaired) electrons. The van der Waals surface area contributed by atoms with E-state index in [1.165, 1.54) is 12.1 Å². The van der Waals surface area contributed by atoms with E-state index in [1.54, 1.807) is 0 Å². The minimum Gasteiger partial charge on any atom is -0.338 e. The molecule has 0 aromatic heterocycles. The maximum atomic E-state index is 13.0. The molecule has 2 amide bonds.